The van der Waals surface area contributed by atoms with Gasteiger partial charge in [-0.05, 0) is 66.1 Å². The van der Waals surface area contributed by atoms with E-state index in [0.717, 1.165) is 22.4 Å². The molecule has 5 rings (SSSR count). The molecule has 2 atom stereocenters. The number of anilines is 1. The molecule has 2 unspecified atom stereocenters. The maximum absolute atomic E-state index is 14.1. The van der Waals surface area contributed by atoms with Crippen molar-refractivity contribution < 1.29 is 28.1 Å². The fourth-order valence-electron chi connectivity index (χ4n) is 4.72. The number of benzene rings is 2. The molecule has 2 aliphatic heterocycles. The minimum absolute atomic E-state index is 0.296. The van der Waals surface area contributed by atoms with Crippen molar-refractivity contribution in [3.8, 4) is 5.75 Å². The van der Waals surface area contributed by atoms with E-state index in [2.05, 4.69) is 18.6 Å². The van der Waals surface area contributed by atoms with Crippen LogP contribution in [0.25, 0.3) is 0 Å². The van der Waals surface area contributed by atoms with Crippen molar-refractivity contribution in [3.05, 3.63) is 52.8 Å². The molecule has 0 aromatic heterocycles. The van der Waals surface area contributed by atoms with Crippen LogP contribution in [0.3, 0.4) is 0 Å². The van der Waals surface area contributed by atoms with E-state index in [1.165, 1.54) is 25.1 Å². The number of fused-ring (bicyclic) bond motifs is 3. The zero-order valence-corrected chi connectivity index (χ0v) is 19.8. The molecule has 2 fully saturated rings. The van der Waals surface area contributed by atoms with E-state index in [9.17, 15) is 9.18 Å². The molecule has 2 heterocycles. The average molecular weight is 474 g/mol. The summed E-state index contributed by atoms with van der Waals surface area (Å²) in [6.45, 7) is 5.87. The molecule has 1 saturated heterocycles. The lowest BCUT2D eigenvalue weighted by molar-refractivity contribution is -0.119. The molecule has 33 heavy (non-hydrogen) atoms. The van der Waals surface area contributed by atoms with E-state index in [1.807, 2.05) is 12.1 Å². The zero-order chi connectivity index (χ0) is 23.2. The van der Waals surface area contributed by atoms with Gasteiger partial charge >= 0.3 is 5.97 Å². The fourth-order valence-corrected chi connectivity index (χ4v) is 5.51. The van der Waals surface area contributed by atoms with Crippen molar-refractivity contribution in [3.63, 3.8) is 0 Å². The highest BCUT2D eigenvalue weighted by Crippen LogP contribution is 2.55. The second-order valence-electron chi connectivity index (χ2n) is 9.51. The molecule has 6 nitrogen and oxygen atoms in total. The Bertz CT molecular complexity index is 1070. The predicted octanol–water partition coefficient (Wildman–Crippen LogP) is 5.17. The highest BCUT2D eigenvalue weighted by Gasteiger charge is 2.45. The molecule has 8 heteroatoms. The summed E-state index contributed by atoms with van der Waals surface area (Å²) in [4.78, 5) is 13.5. The lowest BCUT2D eigenvalue weighted by Crippen LogP contribution is -2.32. The van der Waals surface area contributed by atoms with E-state index in [1.54, 1.807) is 12.1 Å². The summed E-state index contributed by atoms with van der Waals surface area (Å²) < 4.78 is 39.9. The highest BCUT2D eigenvalue weighted by molar-refractivity contribution is 8.00. The minimum Gasteiger partial charge on any atom is -0.492 e. The number of halogens is 1. The summed E-state index contributed by atoms with van der Waals surface area (Å²) in [7, 11) is 1.37. The van der Waals surface area contributed by atoms with Gasteiger partial charge in [-0.1, -0.05) is 19.9 Å². The quantitative estimate of drug-likeness (QED) is 0.440. The number of hydrogen-bond acceptors (Lipinski definition) is 7. The number of hydrogen-bond donors (Lipinski definition) is 1. The second kappa shape index (κ2) is 8.81. The summed E-state index contributed by atoms with van der Waals surface area (Å²) in [6.07, 6.45) is 1.33. The number of carbonyl (C=O) groups excluding carboxylic acids is 1. The third-order valence-corrected chi connectivity index (χ3v) is 7.48. The van der Waals surface area contributed by atoms with Gasteiger partial charge in [-0.3, -0.25) is 0 Å². The molecule has 0 bridgehead atoms. The van der Waals surface area contributed by atoms with Crippen LogP contribution in [0.1, 0.15) is 47.7 Å². The first-order chi connectivity index (χ1) is 15.9. The fraction of sp³-hybridized carbons (Fsp3) is 0.480. The van der Waals surface area contributed by atoms with Gasteiger partial charge in [0.25, 0.3) is 0 Å². The third kappa shape index (κ3) is 4.44. The maximum atomic E-state index is 14.1. The summed E-state index contributed by atoms with van der Waals surface area (Å²) >= 11 is 1.33. The van der Waals surface area contributed by atoms with E-state index < -0.39 is 5.97 Å². The predicted molar refractivity (Wildman–Crippen MR) is 123 cm³/mol. The van der Waals surface area contributed by atoms with Gasteiger partial charge in [-0.2, -0.15) is 0 Å². The van der Waals surface area contributed by atoms with E-state index in [0.29, 0.717) is 55.1 Å². The van der Waals surface area contributed by atoms with E-state index >= 15 is 0 Å². The molecule has 3 aliphatic rings. The van der Waals surface area contributed by atoms with Gasteiger partial charge < -0.3 is 23.7 Å². The molecule has 2 aromatic rings. The SMILES string of the molecule is COC(=O)c1c(NSc2ccc(F)cc2CC(C)(C)C2OCCO2)ccc2c1OCC1CC21. The molecule has 176 valence electrons. The first-order valence-electron chi connectivity index (χ1n) is 11.2. The highest BCUT2D eigenvalue weighted by atomic mass is 32.2. The van der Waals surface area contributed by atoms with Crippen molar-refractivity contribution in [2.75, 3.05) is 31.7 Å². The lowest BCUT2D eigenvalue weighted by Gasteiger charge is -2.30. The van der Waals surface area contributed by atoms with Crippen molar-refractivity contribution in [2.45, 2.75) is 43.8 Å². The minimum atomic E-state index is -0.440. The Morgan fingerprint density at radius 2 is 2.03 bits per heavy atom. The smallest absolute Gasteiger partial charge is 0.343 e. The number of rotatable bonds is 7. The first-order valence-corrected chi connectivity index (χ1v) is 12.0. The van der Waals surface area contributed by atoms with Crippen LogP contribution in [-0.2, 0) is 20.6 Å². The third-order valence-electron chi connectivity index (χ3n) is 6.54. The maximum Gasteiger partial charge on any atom is 0.343 e. The van der Waals surface area contributed by atoms with Gasteiger partial charge in [0.1, 0.15) is 17.1 Å². The Morgan fingerprint density at radius 1 is 1.24 bits per heavy atom. The van der Waals surface area contributed by atoms with Gasteiger partial charge in [-0.15, -0.1) is 0 Å². The van der Waals surface area contributed by atoms with Crippen LogP contribution in [0.5, 0.6) is 5.75 Å². The topological polar surface area (TPSA) is 66.0 Å². The number of methoxy groups -OCH3 is 1. The van der Waals surface area contributed by atoms with Crippen molar-refractivity contribution in [1.29, 1.82) is 0 Å². The molecular weight excluding hydrogens is 445 g/mol. The number of carbonyl (C=O) groups is 1. The number of esters is 1. The first kappa shape index (κ1) is 22.5. The van der Waals surface area contributed by atoms with Crippen LogP contribution in [-0.4, -0.2) is 39.2 Å². The molecule has 2 aromatic carbocycles. The molecule has 0 amide bonds. The van der Waals surface area contributed by atoms with Crippen LogP contribution in [0.2, 0.25) is 0 Å². The Morgan fingerprint density at radius 3 is 2.79 bits per heavy atom. The molecule has 1 N–H and O–H groups in total. The van der Waals surface area contributed by atoms with Crippen LogP contribution < -0.4 is 9.46 Å². The number of nitrogens with one attached hydrogen (secondary N) is 1. The summed E-state index contributed by atoms with van der Waals surface area (Å²) in [5, 5.41) is 0. The monoisotopic (exact) mass is 473 g/mol. The average Bonchev–Trinajstić information content (AvgIpc) is 3.38. The molecular formula is C25H28FNO5S. The van der Waals surface area contributed by atoms with Crippen LogP contribution in [0.15, 0.2) is 35.2 Å². The molecule has 1 saturated carbocycles. The Kier molecular flexibility index (Phi) is 6.01. The van der Waals surface area contributed by atoms with Crippen LogP contribution in [0, 0.1) is 17.2 Å². The second-order valence-corrected chi connectivity index (χ2v) is 10.4. The van der Waals surface area contributed by atoms with Gasteiger partial charge in [0, 0.05) is 16.2 Å². The van der Waals surface area contributed by atoms with Crippen molar-refractivity contribution >= 4 is 23.6 Å². The van der Waals surface area contributed by atoms with Gasteiger partial charge in [0.15, 0.2) is 6.29 Å². The largest absolute Gasteiger partial charge is 0.492 e. The summed E-state index contributed by atoms with van der Waals surface area (Å²) in [6, 6.07) is 8.66. The van der Waals surface area contributed by atoms with Gasteiger partial charge in [-0.25, -0.2) is 9.18 Å². The molecule has 0 radical (unpaired) electrons. The van der Waals surface area contributed by atoms with Crippen LogP contribution >= 0.6 is 11.9 Å². The van der Waals surface area contributed by atoms with Gasteiger partial charge in [0.2, 0.25) is 0 Å². The Labute approximate surface area is 197 Å². The standard InChI is InChI=1S/C25H28FNO5S/c1-25(2,24-30-8-9-31-24)12-14-10-16(26)4-7-20(14)33-27-19-6-5-17-18-11-15(18)13-32-22(17)21(19)23(28)29-3/h4-7,10,15,18,24,27H,8-9,11-13H2,1-3H3. The van der Waals surface area contributed by atoms with Gasteiger partial charge in [0.05, 0.1) is 32.6 Å². The number of ether oxygens (including phenoxy) is 4. The van der Waals surface area contributed by atoms with Crippen molar-refractivity contribution in [1.82, 2.24) is 0 Å². The Hall–Kier alpha value is -2.29. The normalized spacial score (nSPS) is 21.7. The molecule has 1 aliphatic carbocycles. The summed E-state index contributed by atoms with van der Waals surface area (Å²) in [5.74, 6) is 0.890. The zero-order valence-electron chi connectivity index (χ0n) is 19.0. The van der Waals surface area contributed by atoms with E-state index in [-0.39, 0.29) is 17.5 Å². The van der Waals surface area contributed by atoms with Crippen molar-refractivity contribution in [2.24, 2.45) is 11.3 Å². The van der Waals surface area contributed by atoms with E-state index in [4.69, 9.17) is 18.9 Å². The molecule has 0 spiro atoms. The lowest BCUT2D eigenvalue weighted by atomic mass is 9.85. The Balaban J connectivity index is 1.40. The summed E-state index contributed by atoms with van der Waals surface area (Å²) in [5.41, 5.74) is 2.59. The van der Waals surface area contributed by atoms with Crippen LogP contribution in [0.4, 0.5) is 10.1 Å².